The zero-order valence-corrected chi connectivity index (χ0v) is 13.4. The predicted molar refractivity (Wildman–Crippen MR) is 90.1 cm³/mol. The Hall–Kier alpha value is -1.76. The van der Waals surface area contributed by atoms with Crippen molar-refractivity contribution in [2.75, 3.05) is 0 Å². The summed E-state index contributed by atoms with van der Waals surface area (Å²) in [7, 11) is 0. The first-order valence-electron chi connectivity index (χ1n) is 7.97. The fraction of sp³-hybridized carbons (Fsp3) is 0.400. The molecule has 0 fully saturated rings. The number of phenols is 1. The molecule has 0 bridgehead atoms. The summed E-state index contributed by atoms with van der Waals surface area (Å²) in [6.45, 7) is 6.51. The van der Waals surface area contributed by atoms with Gasteiger partial charge in [0.1, 0.15) is 5.75 Å². The van der Waals surface area contributed by atoms with Crippen LogP contribution in [0.3, 0.4) is 0 Å². The zero-order valence-electron chi connectivity index (χ0n) is 13.4. The van der Waals surface area contributed by atoms with Crippen LogP contribution in [0.1, 0.15) is 54.0 Å². The average molecular weight is 282 g/mol. The number of phenolic OH excluding ortho intramolecular Hbond substituents is 1. The highest BCUT2D eigenvalue weighted by molar-refractivity contribution is 5.43. The largest absolute Gasteiger partial charge is 0.508 e. The summed E-state index contributed by atoms with van der Waals surface area (Å²) in [6.07, 6.45) is 5.66. The van der Waals surface area contributed by atoms with Gasteiger partial charge in [0.15, 0.2) is 0 Å². The molecule has 0 aliphatic heterocycles. The van der Waals surface area contributed by atoms with Gasteiger partial charge >= 0.3 is 0 Å². The molecule has 0 aliphatic rings. The number of aryl methyl sites for hydroxylation is 3. The molecule has 1 N–H and O–H groups in total. The molecule has 2 aromatic carbocycles. The van der Waals surface area contributed by atoms with E-state index in [-0.39, 0.29) is 0 Å². The second-order valence-corrected chi connectivity index (χ2v) is 5.97. The van der Waals surface area contributed by atoms with Crippen molar-refractivity contribution in [3.05, 3.63) is 64.2 Å². The second kappa shape index (κ2) is 7.31. The smallest absolute Gasteiger partial charge is 0.119 e. The van der Waals surface area contributed by atoms with Gasteiger partial charge in [-0.15, -0.1) is 0 Å². The normalized spacial score (nSPS) is 10.8. The molecule has 0 unspecified atom stereocenters. The Morgan fingerprint density at radius 2 is 1.67 bits per heavy atom. The molecule has 0 spiro atoms. The van der Waals surface area contributed by atoms with Crippen LogP contribution in [0.4, 0.5) is 0 Å². The van der Waals surface area contributed by atoms with Crippen LogP contribution >= 0.6 is 0 Å². The molecule has 1 nitrogen and oxygen atoms in total. The molecular formula is C20H26O. The van der Waals surface area contributed by atoms with Crippen molar-refractivity contribution in [1.29, 1.82) is 0 Å². The van der Waals surface area contributed by atoms with E-state index < -0.39 is 0 Å². The average Bonchev–Trinajstić information content (AvgIpc) is 2.46. The molecule has 21 heavy (non-hydrogen) atoms. The summed E-state index contributed by atoms with van der Waals surface area (Å²) in [4.78, 5) is 0. The van der Waals surface area contributed by atoms with E-state index in [0.717, 1.165) is 18.4 Å². The minimum Gasteiger partial charge on any atom is -0.508 e. The van der Waals surface area contributed by atoms with E-state index in [2.05, 4.69) is 51.1 Å². The second-order valence-electron chi connectivity index (χ2n) is 5.97. The molecule has 112 valence electrons. The van der Waals surface area contributed by atoms with Gasteiger partial charge in [-0.05, 0) is 60.6 Å². The van der Waals surface area contributed by atoms with Gasteiger partial charge < -0.3 is 5.11 Å². The van der Waals surface area contributed by atoms with E-state index >= 15 is 0 Å². The fourth-order valence-electron chi connectivity index (χ4n) is 2.83. The molecule has 0 aromatic heterocycles. The van der Waals surface area contributed by atoms with Crippen molar-refractivity contribution in [3.63, 3.8) is 0 Å². The van der Waals surface area contributed by atoms with Crippen molar-refractivity contribution in [3.8, 4) is 5.75 Å². The third-order valence-electron chi connectivity index (χ3n) is 4.22. The summed E-state index contributed by atoms with van der Waals surface area (Å²) in [5.74, 6) is 0.414. The maximum Gasteiger partial charge on any atom is 0.119 e. The summed E-state index contributed by atoms with van der Waals surface area (Å²) >= 11 is 0. The molecule has 0 saturated carbocycles. The number of hydrogen-bond donors (Lipinski definition) is 1. The third-order valence-corrected chi connectivity index (χ3v) is 4.22. The quantitative estimate of drug-likeness (QED) is 0.710. The molecule has 0 radical (unpaired) electrons. The Balaban J connectivity index is 2.21. The molecule has 1 heteroatoms. The van der Waals surface area contributed by atoms with E-state index in [4.69, 9.17) is 0 Å². The van der Waals surface area contributed by atoms with Crippen LogP contribution in [0.2, 0.25) is 0 Å². The summed E-state index contributed by atoms with van der Waals surface area (Å²) in [6, 6.07) is 12.5. The summed E-state index contributed by atoms with van der Waals surface area (Å²) in [5.41, 5.74) is 6.30. The predicted octanol–water partition coefficient (Wildman–Crippen LogP) is 5.33. The Labute approximate surface area is 128 Å². The van der Waals surface area contributed by atoms with E-state index in [9.17, 15) is 5.11 Å². The van der Waals surface area contributed by atoms with E-state index in [0.29, 0.717) is 5.75 Å². The monoisotopic (exact) mass is 282 g/mol. The highest BCUT2D eigenvalue weighted by Gasteiger charge is 2.08. The first-order chi connectivity index (χ1) is 10.1. The Morgan fingerprint density at radius 1 is 0.952 bits per heavy atom. The van der Waals surface area contributed by atoms with Crippen molar-refractivity contribution < 1.29 is 5.11 Å². The molecule has 0 aliphatic carbocycles. The number of unbranched alkanes of at least 4 members (excludes halogenated alkanes) is 2. The van der Waals surface area contributed by atoms with Crippen molar-refractivity contribution >= 4 is 0 Å². The van der Waals surface area contributed by atoms with Crippen LogP contribution in [0, 0.1) is 13.8 Å². The van der Waals surface area contributed by atoms with Crippen LogP contribution in [-0.2, 0) is 12.8 Å². The molecule has 2 aromatic rings. The standard InChI is InChI=1S/C20H26O/c1-4-5-6-10-17-11-12-20(21)18(13-17)14-19-15(2)8-7-9-16(19)3/h7-9,11-13,21H,4-6,10,14H2,1-3H3. The van der Waals surface area contributed by atoms with Crippen LogP contribution < -0.4 is 0 Å². The first kappa shape index (κ1) is 15.6. The van der Waals surface area contributed by atoms with E-state index in [1.54, 1.807) is 0 Å². The minimum atomic E-state index is 0.414. The minimum absolute atomic E-state index is 0.414. The number of hydrogen-bond acceptors (Lipinski definition) is 1. The molecule has 0 saturated heterocycles. The lowest BCUT2D eigenvalue weighted by Crippen LogP contribution is -1.97. The highest BCUT2D eigenvalue weighted by atomic mass is 16.3. The van der Waals surface area contributed by atoms with Crippen molar-refractivity contribution in [2.45, 2.75) is 52.9 Å². The number of rotatable bonds is 6. The molecular weight excluding hydrogens is 256 g/mol. The fourth-order valence-corrected chi connectivity index (χ4v) is 2.83. The summed E-state index contributed by atoms with van der Waals surface area (Å²) in [5, 5.41) is 10.1. The topological polar surface area (TPSA) is 20.2 Å². The molecule has 0 heterocycles. The zero-order chi connectivity index (χ0) is 15.2. The molecule has 2 rings (SSSR count). The van der Waals surface area contributed by atoms with Gasteiger partial charge in [0.2, 0.25) is 0 Å². The Kier molecular flexibility index (Phi) is 5.44. The molecule has 0 amide bonds. The molecule has 0 atom stereocenters. The van der Waals surface area contributed by atoms with E-state index in [1.807, 2.05) is 6.07 Å². The van der Waals surface area contributed by atoms with Gasteiger partial charge in [0, 0.05) is 6.42 Å². The number of aromatic hydroxyl groups is 1. The van der Waals surface area contributed by atoms with Crippen LogP contribution in [0.25, 0.3) is 0 Å². The SMILES string of the molecule is CCCCCc1ccc(O)c(Cc2c(C)cccc2C)c1. The van der Waals surface area contributed by atoms with Crippen LogP contribution in [0.5, 0.6) is 5.75 Å². The lowest BCUT2D eigenvalue weighted by molar-refractivity contribution is 0.469. The van der Waals surface area contributed by atoms with Gasteiger partial charge in [-0.1, -0.05) is 50.1 Å². The highest BCUT2D eigenvalue weighted by Crippen LogP contribution is 2.25. The first-order valence-corrected chi connectivity index (χ1v) is 7.97. The van der Waals surface area contributed by atoms with Crippen LogP contribution in [-0.4, -0.2) is 5.11 Å². The summed E-state index contributed by atoms with van der Waals surface area (Å²) < 4.78 is 0. The number of benzene rings is 2. The van der Waals surface area contributed by atoms with Gasteiger partial charge in [0.05, 0.1) is 0 Å². The van der Waals surface area contributed by atoms with E-state index in [1.165, 1.54) is 41.5 Å². The Morgan fingerprint density at radius 3 is 2.33 bits per heavy atom. The van der Waals surface area contributed by atoms with Crippen molar-refractivity contribution in [2.24, 2.45) is 0 Å². The third kappa shape index (κ3) is 4.10. The maximum atomic E-state index is 10.1. The van der Waals surface area contributed by atoms with Gasteiger partial charge in [-0.25, -0.2) is 0 Å². The van der Waals surface area contributed by atoms with Gasteiger partial charge in [-0.2, -0.15) is 0 Å². The maximum absolute atomic E-state index is 10.1. The Bertz CT molecular complexity index is 579. The van der Waals surface area contributed by atoms with Crippen molar-refractivity contribution in [1.82, 2.24) is 0 Å². The lowest BCUT2D eigenvalue weighted by Gasteiger charge is -2.12. The lowest BCUT2D eigenvalue weighted by atomic mass is 9.94. The van der Waals surface area contributed by atoms with Gasteiger partial charge in [0.25, 0.3) is 0 Å². The van der Waals surface area contributed by atoms with Crippen LogP contribution in [0.15, 0.2) is 36.4 Å². The van der Waals surface area contributed by atoms with Gasteiger partial charge in [-0.3, -0.25) is 0 Å².